The predicted molar refractivity (Wildman–Crippen MR) is 78.7 cm³/mol. The van der Waals surface area contributed by atoms with Crippen LogP contribution >= 0.6 is 15.9 Å². The summed E-state index contributed by atoms with van der Waals surface area (Å²) < 4.78 is 0.820. The van der Waals surface area contributed by atoms with Crippen LogP contribution in [0.4, 0.5) is 5.69 Å². The molecule has 1 amide bonds. The topological polar surface area (TPSA) is 42.0 Å². The van der Waals surface area contributed by atoms with E-state index in [0.29, 0.717) is 6.42 Å². The minimum atomic E-state index is 0.0787. The van der Waals surface area contributed by atoms with Crippen molar-refractivity contribution in [2.45, 2.75) is 52.4 Å². The molecule has 1 aromatic heterocycles. The van der Waals surface area contributed by atoms with Crippen LogP contribution in [-0.2, 0) is 4.79 Å². The van der Waals surface area contributed by atoms with E-state index < -0.39 is 0 Å². The molecule has 0 aromatic carbocycles. The zero-order valence-corrected chi connectivity index (χ0v) is 12.7. The predicted octanol–water partition coefficient (Wildman–Crippen LogP) is 4.45. The summed E-state index contributed by atoms with van der Waals surface area (Å²) in [5.41, 5.74) is 1.80. The Morgan fingerprint density at radius 1 is 1.33 bits per heavy atom. The molecule has 1 N–H and O–H groups in total. The van der Waals surface area contributed by atoms with Crippen molar-refractivity contribution in [3.63, 3.8) is 0 Å². The molecular weight excluding hydrogens is 292 g/mol. The Morgan fingerprint density at radius 2 is 2.06 bits per heavy atom. The molecule has 0 fully saturated rings. The number of nitrogens with one attached hydrogen (secondary N) is 1. The third-order valence-electron chi connectivity index (χ3n) is 2.81. The van der Waals surface area contributed by atoms with Gasteiger partial charge in [-0.05, 0) is 40.9 Å². The van der Waals surface area contributed by atoms with Crippen LogP contribution in [0.1, 0.15) is 51.0 Å². The monoisotopic (exact) mass is 312 g/mol. The summed E-state index contributed by atoms with van der Waals surface area (Å²) in [5, 5.41) is 2.88. The molecule has 0 atom stereocenters. The Kier molecular flexibility index (Phi) is 6.94. The second-order valence-corrected chi connectivity index (χ2v) is 5.30. The van der Waals surface area contributed by atoms with Crippen molar-refractivity contribution in [2.24, 2.45) is 0 Å². The van der Waals surface area contributed by atoms with Crippen molar-refractivity contribution < 1.29 is 4.79 Å². The fourth-order valence-corrected chi connectivity index (χ4v) is 1.96. The van der Waals surface area contributed by atoms with Gasteiger partial charge in [0.2, 0.25) is 5.91 Å². The number of hydrogen-bond acceptors (Lipinski definition) is 2. The van der Waals surface area contributed by atoms with Gasteiger partial charge in [-0.1, -0.05) is 32.6 Å². The first kappa shape index (κ1) is 15.2. The molecule has 0 unspecified atom stereocenters. The number of anilines is 1. The van der Waals surface area contributed by atoms with Gasteiger partial charge in [0, 0.05) is 6.42 Å². The van der Waals surface area contributed by atoms with Gasteiger partial charge in [-0.3, -0.25) is 4.79 Å². The highest BCUT2D eigenvalue weighted by Crippen LogP contribution is 2.17. The molecular formula is C14H21BrN2O. The van der Waals surface area contributed by atoms with E-state index in [4.69, 9.17) is 0 Å². The van der Waals surface area contributed by atoms with E-state index in [9.17, 15) is 4.79 Å². The number of unbranched alkanes of at least 4 members (excludes halogenated alkanes) is 4. The summed E-state index contributed by atoms with van der Waals surface area (Å²) in [6.07, 6.45) is 8.09. The number of pyridine rings is 1. The van der Waals surface area contributed by atoms with Crippen LogP contribution in [0, 0.1) is 6.92 Å². The van der Waals surface area contributed by atoms with Gasteiger partial charge in [0.25, 0.3) is 0 Å². The summed E-state index contributed by atoms with van der Waals surface area (Å²) in [6, 6.07) is 1.92. The van der Waals surface area contributed by atoms with E-state index >= 15 is 0 Å². The second kappa shape index (κ2) is 8.25. The number of carbonyl (C=O) groups is 1. The third-order valence-corrected chi connectivity index (χ3v) is 3.64. The minimum absolute atomic E-state index is 0.0787. The standard InChI is InChI=1S/C14H21BrN2O/c1-3-4-5-6-7-8-13(18)17-12-9-11(2)14(15)16-10-12/h9-10H,3-8H2,1-2H3,(H,17,18). The molecule has 1 heterocycles. The molecule has 0 spiro atoms. The van der Waals surface area contributed by atoms with Gasteiger partial charge in [-0.25, -0.2) is 4.98 Å². The lowest BCUT2D eigenvalue weighted by Crippen LogP contribution is -2.11. The van der Waals surface area contributed by atoms with Gasteiger partial charge in [0.1, 0.15) is 4.60 Å². The van der Waals surface area contributed by atoms with Crippen LogP contribution in [-0.4, -0.2) is 10.9 Å². The highest BCUT2D eigenvalue weighted by Gasteiger charge is 2.04. The van der Waals surface area contributed by atoms with E-state index in [1.54, 1.807) is 6.20 Å². The van der Waals surface area contributed by atoms with Crippen LogP contribution in [0.25, 0.3) is 0 Å². The zero-order valence-electron chi connectivity index (χ0n) is 11.1. The van der Waals surface area contributed by atoms with Crippen LogP contribution < -0.4 is 5.32 Å². The molecule has 100 valence electrons. The van der Waals surface area contributed by atoms with Gasteiger partial charge in [0.05, 0.1) is 11.9 Å². The number of halogens is 1. The van der Waals surface area contributed by atoms with Crippen molar-refractivity contribution in [1.29, 1.82) is 0 Å². The van der Waals surface area contributed by atoms with E-state index in [1.165, 1.54) is 19.3 Å². The van der Waals surface area contributed by atoms with Gasteiger partial charge in [0.15, 0.2) is 0 Å². The molecule has 0 radical (unpaired) electrons. The van der Waals surface area contributed by atoms with Crippen molar-refractivity contribution >= 4 is 27.5 Å². The van der Waals surface area contributed by atoms with Gasteiger partial charge in [-0.2, -0.15) is 0 Å². The summed E-state index contributed by atoms with van der Waals surface area (Å²) in [6.45, 7) is 4.15. The van der Waals surface area contributed by atoms with E-state index in [1.807, 2.05) is 13.0 Å². The Labute approximate surface area is 118 Å². The van der Waals surface area contributed by atoms with Crippen LogP contribution in [0.5, 0.6) is 0 Å². The summed E-state index contributed by atoms with van der Waals surface area (Å²) in [7, 11) is 0. The Bertz CT molecular complexity index is 393. The molecule has 3 nitrogen and oxygen atoms in total. The maximum atomic E-state index is 11.7. The number of amides is 1. The fraction of sp³-hybridized carbons (Fsp3) is 0.571. The SMILES string of the molecule is CCCCCCCC(=O)Nc1cnc(Br)c(C)c1. The average Bonchev–Trinajstić information content (AvgIpc) is 2.34. The van der Waals surface area contributed by atoms with Crippen LogP contribution in [0.2, 0.25) is 0 Å². The smallest absolute Gasteiger partial charge is 0.224 e. The summed E-state index contributed by atoms with van der Waals surface area (Å²) in [4.78, 5) is 15.8. The first-order valence-corrected chi connectivity index (χ1v) is 7.34. The Morgan fingerprint density at radius 3 is 2.72 bits per heavy atom. The molecule has 1 aromatic rings. The molecule has 0 bridgehead atoms. The lowest BCUT2D eigenvalue weighted by molar-refractivity contribution is -0.116. The highest BCUT2D eigenvalue weighted by molar-refractivity contribution is 9.10. The number of aromatic nitrogens is 1. The molecule has 0 aliphatic carbocycles. The van der Waals surface area contributed by atoms with Gasteiger partial charge < -0.3 is 5.32 Å². The number of carbonyl (C=O) groups excluding carboxylic acids is 1. The number of nitrogens with zero attached hydrogens (tertiary/aromatic N) is 1. The van der Waals surface area contributed by atoms with Crippen molar-refractivity contribution in [3.05, 3.63) is 22.4 Å². The Balaban J connectivity index is 2.29. The van der Waals surface area contributed by atoms with E-state index in [-0.39, 0.29) is 5.91 Å². The zero-order chi connectivity index (χ0) is 13.4. The quantitative estimate of drug-likeness (QED) is 0.597. The van der Waals surface area contributed by atoms with Crippen molar-refractivity contribution in [2.75, 3.05) is 5.32 Å². The molecule has 0 saturated heterocycles. The first-order valence-electron chi connectivity index (χ1n) is 6.55. The average molecular weight is 313 g/mol. The molecule has 18 heavy (non-hydrogen) atoms. The molecule has 4 heteroatoms. The number of aryl methyl sites for hydroxylation is 1. The second-order valence-electron chi connectivity index (χ2n) is 4.54. The number of hydrogen-bond donors (Lipinski definition) is 1. The maximum Gasteiger partial charge on any atom is 0.224 e. The highest BCUT2D eigenvalue weighted by atomic mass is 79.9. The van der Waals surface area contributed by atoms with Crippen LogP contribution in [0.15, 0.2) is 16.9 Å². The Hall–Kier alpha value is -0.900. The van der Waals surface area contributed by atoms with Crippen LogP contribution in [0.3, 0.4) is 0 Å². The van der Waals surface area contributed by atoms with E-state index in [2.05, 4.69) is 33.2 Å². The fourth-order valence-electron chi connectivity index (χ4n) is 1.74. The number of rotatable bonds is 7. The van der Waals surface area contributed by atoms with Gasteiger partial charge in [-0.15, -0.1) is 0 Å². The normalized spacial score (nSPS) is 10.4. The van der Waals surface area contributed by atoms with Crippen molar-refractivity contribution in [1.82, 2.24) is 4.98 Å². The molecule has 0 aliphatic rings. The largest absolute Gasteiger partial charge is 0.325 e. The lowest BCUT2D eigenvalue weighted by atomic mass is 10.1. The molecule has 0 saturated carbocycles. The molecule has 1 rings (SSSR count). The van der Waals surface area contributed by atoms with Gasteiger partial charge >= 0.3 is 0 Å². The lowest BCUT2D eigenvalue weighted by Gasteiger charge is -2.06. The summed E-state index contributed by atoms with van der Waals surface area (Å²) >= 11 is 3.34. The van der Waals surface area contributed by atoms with E-state index in [0.717, 1.165) is 28.7 Å². The molecule has 0 aliphatic heterocycles. The summed E-state index contributed by atoms with van der Waals surface area (Å²) in [5.74, 6) is 0.0787. The maximum absolute atomic E-state index is 11.7. The third kappa shape index (κ3) is 5.63. The minimum Gasteiger partial charge on any atom is -0.325 e. The first-order chi connectivity index (χ1) is 8.63. The van der Waals surface area contributed by atoms with Crippen molar-refractivity contribution in [3.8, 4) is 0 Å².